The number of piperazine rings is 1. The third kappa shape index (κ3) is 7.27. The van der Waals surface area contributed by atoms with Crippen LogP contribution in [0.25, 0.3) is 0 Å². The molecule has 0 spiro atoms. The normalized spacial score (nSPS) is 17.2. The Morgan fingerprint density at radius 2 is 1.21 bits per heavy atom. The highest BCUT2D eigenvalue weighted by Gasteiger charge is 2.30. The van der Waals surface area contributed by atoms with Crippen molar-refractivity contribution in [3.63, 3.8) is 0 Å². The number of rotatable bonds is 4. The van der Waals surface area contributed by atoms with Crippen molar-refractivity contribution in [1.29, 1.82) is 0 Å². The molecule has 1 saturated heterocycles. The summed E-state index contributed by atoms with van der Waals surface area (Å²) in [4.78, 5) is 37.4. The maximum absolute atomic E-state index is 12.6. The van der Waals surface area contributed by atoms with E-state index >= 15 is 0 Å². The molecule has 0 aliphatic carbocycles. The van der Waals surface area contributed by atoms with E-state index in [9.17, 15) is 4.79 Å². The predicted molar refractivity (Wildman–Crippen MR) is 90.9 cm³/mol. The van der Waals surface area contributed by atoms with Gasteiger partial charge in [-0.15, -0.1) is 0 Å². The maximum Gasteiger partial charge on any atom is 0.414 e. The van der Waals surface area contributed by atoms with Gasteiger partial charge < -0.3 is 20.0 Å². The van der Waals surface area contributed by atoms with E-state index in [0.717, 1.165) is 26.2 Å². The standard InChI is InChI=1S/C14H29N3O.C2H2O4/c1-11(2)17(12(3)4)14(18)13(5)16-9-7-15(6)8-10-16;3-1(4)2(5)6/h11-13H,7-10H2,1-6H3;(H,3,4)(H,5,6). The molecule has 1 aliphatic heterocycles. The van der Waals surface area contributed by atoms with Crippen LogP contribution in [0.1, 0.15) is 34.6 Å². The fraction of sp³-hybridized carbons (Fsp3) is 0.812. The number of carbonyl (C=O) groups is 3. The molecule has 0 aromatic heterocycles. The highest BCUT2D eigenvalue weighted by molar-refractivity contribution is 6.27. The van der Waals surface area contributed by atoms with Crippen LogP contribution >= 0.6 is 0 Å². The molecule has 140 valence electrons. The van der Waals surface area contributed by atoms with Crippen molar-refractivity contribution in [3.05, 3.63) is 0 Å². The van der Waals surface area contributed by atoms with E-state index < -0.39 is 11.9 Å². The summed E-state index contributed by atoms with van der Waals surface area (Å²) < 4.78 is 0. The van der Waals surface area contributed by atoms with Crippen LogP contribution in [0.15, 0.2) is 0 Å². The molecule has 1 unspecified atom stereocenters. The molecule has 8 nitrogen and oxygen atoms in total. The lowest BCUT2D eigenvalue weighted by molar-refractivity contribution is -0.159. The van der Waals surface area contributed by atoms with Gasteiger partial charge in [0.15, 0.2) is 0 Å². The molecular formula is C16H31N3O5. The summed E-state index contributed by atoms with van der Waals surface area (Å²) in [5, 5.41) is 14.8. The Hall–Kier alpha value is -1.67. The summed E-state index contributed by atoms with van der Waals surface area (Å²) in [7, 11) is 2.14. The fourth-order valence-electron chi connectivity index (χ4n) is 2.69. The third-order valence-corrected chi connectivity index (χ3v) is 3.99. The van der Waals surface area contributed by atoms with Crippen LogP contribution in [-0.4, -0.2) is 94.1 Å². The smallest absolute Gasteiger partial charge is 0.414 e. The Morgan fingerprint density at radius 1 is 0.833 bits per heavy atom. The molecular weight excluding hydrogens is 314 g/mol. The zero-order chi connectivity index (χ0) is 19.0. The second kappa shape index (κ2) is 10.2. The lowest BCUT2D eigenvalue weighted by atomic mass is 10.1. The summed E-state index contributed by atoms with van der Waals surface area (Å²) >= 11 is 0. The van der Waals surface area contributed by atoms with Crippen molar-refractivity contribution < 1.29 is 24.6 Å². The van der Waals surface area contributed by atoms with Gasteiger partial charge in [0.25, 0.3) is 0 Å². The van der Waals surface area contributed by atoms with Gasteiger partial charge >= 0.3 is 11.9 Å². The number of carboxylic acid groups (broad SMARTS) is 2. The summed E-state index contributed by atoms with van der Waals surface area (Å²) in [6.07, 6.45) is 0. The minimum Gasteiger partial charge on any atom is -0.473 e. The number of aliphatic carboxylic acids is 2. The van der Waals surface area contributed by atoms with Gasteiger partial charge in [-0.2, -0.15) is 0 Å². The van der Waals surface area contributed by atoms with Crippen molar-refractivity contribution in [3.8, 4) is 0 Å². The maximum atomic E-state index is 12.6. The van der Waals surface area contributed by atoms with Gasteiger partial charge in [-0.05, 0) is 41.7 Å². The third-order valence-electron chi connectivity index (χ3n) is 3.99. The molecule has 0 aromatic rings. The summed E-state index contributed by atoms with van der Waals surface area (Å²) in [5.41, 5.74) is 0. The van der Waals surface area contributed by atoms with E-state index in [0.29, 0.717) is 0 Å². The number of nitrogens with zero attached hydrogens (tertiary/aromatic N) is 3. The van der Waals surface area contributed by atoms with E-state index in [1.807, 2.05) is 11.8 Å². The molecule has 1 atom stereocenters. The summed E-state index contributed by atoms with van der Waals surface area (Å²) in [6, 6.07) is 0.545. The van der Waals surface area contributed by atoms with Gasteiger partial charge in [-0.3, -0.25) is 9.69 Å². The van der Waals surface area contributed by atoms with Gasteiger partial charge in [0, 0.05) is 38.3 Å². The molecule has 2 N–H and O–H groups in total. The predicted octanol–water partition coefficient (Wildman–Crippen LogP) is 0.423. The largest absolute Gasteiger partial charge is 0.473 e. The molecule has 0 radical (unpaired) electrons. The van der Waals surface area contributed by atoms with Crippen molar-refractivity contribution in [2.24, 2.45) is 0 Å². The summed E-state index contributed by atoms with van der Waals surface area (Å²) in [5.74, 6) is -3.38. The zero-order valence-electron chi connectivity index (χ0n) is 15.5. The second-order valence-electron chi connectivity index (χ2n) is 6.56. The average molecular weight is 345 g/mol. The van der Waals surface area contributed by atoms with Crippen molar-refractivity contribution in [2.45, 2.75) is 52.7 Å². The topological polar surface area (TPSA) is 101 Å². The Morgan fingerprint density at radius 3 is 1.50 bits per heavy atom. The Balaban J connectivity index is 0.000000754. The van der Waals surface area contributed by atoms with Crippen LogP contribution in [0, 0.1) is 0 Å². The zero-order valence-corrected chi connectivity index (χ0v) is 15.5. The number of likely N-dealkylation sites (N-methyl/N-ethyl adjacent to an activating group) is 1. The fourth-order valence-corrected chi connectivity index (χ4v) is 2.69. The van der Waals surface area contributed by atoms with Crippen molar-refractivity contribution in [2.75, 3.05) is 33.2 Å². The SMILES string of the molecule is CC(C(=O)N(C(C)C)C(C)C)N1CCN(C)CC1.O=C(O)C(=O)O. The van der Waals surface area contributed by atoms with Crippen LogP contribution in [0.3, 0.4) is 0 Å². The molecule has 8 heteroatoms. The minimum absolute atomic E-state index is 0.00324. The number of hydrogen-bond donors (Lipinski definition) is 2. The first-order valence-electron chi connectivity index (χ1n) is 8.20. The van der Waals surface area contributed by atoms with Crippen LogP contribution in [0.4, 0.5) is 0 Å². The van der Waals surface area contributed by atoms with Crippen LogP contribution in [-0.2, 0) is 14.4 Å². The highest BCUT2D eigenvalue weighted by Crippen LogP contribution is 2.13. The number of amides is 1. The molecule has 24 heavy (non-hydrogen) atoms. The molecule has 1 amide bonds. The number of carboxylic acids is 2. The van der Waals surface area contributed by atoms with Crippen molar-refractivity contribution >= 4 is 17.8 Å². The van der Waals surface area contributed by atoms with Crippen molar-refractivity contribution in [1.82, 2.24) is 14.7 Å². The molecule has 0 saturated carbocycles. The van der Waals surface area contributed by atoms with Gasteiger partial charge in [0.05, 0.1) is 6.04 Å². The quantitative estimate of drug-likeness (QED) is 0.712. The van der Waals surface area contributed by atoms with Crippen LogP contribution < -0.4 is 0 Å². The molecule has 1 aliphatic rings. The number of carbonyl (C=O) groups excluding carboxylic acids is 1. The van der Waals surface area contributed by atoms with Crippen LogP contribution in [0.5, 0.6) is 0 Å². The van der Waals surface area contributed by atoms with Gasteiger partial charge in [-0.25, -0.2) is 9.59 Å². The number of hydrogen-bond acceptors (Lipinski definition) is 5. The monoisotopic (exact) mass is 345 g/mol. The van der Waals surface area contributed by atoms with Crippen LogP contribution in [0.2, 0.25) is 0 Å². The van der Waals surface area contributed by atoms with E-state index in [4.69, 9.17) is 19.8 Å². The Kier molecular flexibility index (Phi) is 9.53. The van der Waals surface area contributed by atoms with E-state index in [1.54, 1.807) is 0 Å². The lowest BCUT2D eigenvalue weighted by Gasteiger charge is -2.40. The first-order chi connectivity index (χ1) is 11.0. The second-order valence-corrected chi connectivity index (χ2v) is 6.56. The van der Waals surface area contributed by atoms with Gasteiger partial charge in [0.1, 0.15) is 0 Å². The minimum atomic E-state index is -1.82. The average Bonchev–Trinajstić information content (AvgIpc) is 2.47. The molecule has 0 aromatic carbocycles. The van der Waals surface area contributed by atoms with E-state index in [2.05, 4.69) is 44.5 Å². The first kappa shape index (κ1) is 22.3. The Labute approximate surface area is 144 Å². The Bertz CT molecular complexity index is 411. The van der Waals surface area contributed by atoms with E-state index in [-0.39, 0.29) is 24.0 Å². The molecule has 1 rings (SSSR count). The van der Waals surface area contributed by atoms with Gasteiger partial charge in [0.2, 0.25) is 5.91 Å². The van der Waals surface area contributed by atoms with E-state index in [1.165, 1.54) is 0 Å². The summed E-state index contributed by atoms with van der Waals surface area (Å²) in [6.45, 7) is 14.5. The first-order valence-corrected chi connectivity index (χ1v) is 8.20. The van der Waals surface area contributed by atoms with Gasteiger partial charge in [-0.1, -0.05) is 0 Å². The highest BCUT2D eigenvalue weighted by atomic mass is 16.4. The molecule has 1 heterocycles. The molecule has 0 bridgehead atoms. The lowest BCUT2D eigenvalue weighted by Crippen LogP contribution is -2.56. The molecule has 1 fully saturated rings.